The number of hydrogen-bond acceptors (Lipinski definition) is 6. The van der Waals surface area contributed by atoms with Gasteiger partial charge in [-0.2, -0.15) is 4.31 Å². The number of benzene rings is 1. The summed E-state index contributed by atoms with van der Waals surface area (Å²) in [6, 6.07) is 6.97. The molecule has 1 amide bonds. The zero-order chi connectivity index (χ0) is 29.2. The maximum absolute atomic E-state index is 13.8. The largest absolute Gasteiger partial charge is 0.477 e. The molecule has 0 radical (unpaired) electrons. The summed E-state index contributed by atoms with van der Waals surface area (Å²) < 4.78 is 28.5. The summed E-state index contributed by atoms with van der Waals surface area (Å²) in [7, 11) is -4.03. The van der Waals surface area contributed by atoms with E-state index in [0.717, 1.165) is 43.4 Å². The summed E-state index contributed by atoms with van der Waals surface area (Å²) >= 11 is 1.03. The van der Waals surface area contributed by atoms with Crippen molar-refractivity contribution in [3.05, 3.63) is 45.6 Å². The molecule has 2 fully saturated rings. The van der Waals surface area contributed by atoms with Gasteiger partial charge >= 0.3 is 5.97 Å². The molecule has 0 spiro atoms. The molecule has 2 heterocycles. The van der Waals surface area contributed by atoms with Gasteiger partial charge in [0.2, 0.25) is 15.9 Å². The lowest BCUT2D eigenvalue weighted by Crippen LogP contribution is -2.60. The van der Waals surface area contributed by atoms with Gasteiger partial charge in [0.25, 0.3) is 0 Å². The fraction of sp³-hybridized carbons (Fsp3) is 0.500. The van der Waals surface area contributed by atoms with E-state index in [1.165, 1.54) is 33.5 Å². The van der Waals surface area contributed by atoms with Crippen LogP contribution in [-0.2, 0) is 14.8 Å². The van der Waals surface area contributed by atoms with Crippen molar-refractivity contribution in [3.63, 3.8) is 0 Å². The van der Waals surface area contributed by atoms with Gasteiger partial charge in [-0.05, 0) is 57.7 Å². The Morgan fingerprint density at radius 3 is 2.33 bits per heavy atom. The molecule has 0 unspecified atom stereocenters. The molecule has 1 saturated heterocycles. The number of amides is 1. The molecule has 4 rings (SSSR count). The van der Waals surface area contributed by atoms with E-state index in [4.69, 9.17) is 0 Å². The number of nitrogens with zero attached hydrogens (tertiary/aromatic N) is 2. The highest BCUT2D eigenvalue weighted by molar-refractivity contribution is 7.89. The van der Waals surface area contributed by atoms with Crippen molar-refractivity contribution in [2.45, 2.75) is 77.2 Å². The Bertz CT molecular complexity index is 1450. The van der Waals surface area contributed by atoms with Crippen LogP contribution in [0.5, 0.6) is 0 Å². The third kappa shape index (κ3) is 6.48. The Labute approximate surface area is 240 Å². The van der Waals surface area contributed by atoms with Crippen LogP contribution in [-0.4, -0.2) is 54.6 Å². The number of ketones is 1. The smallest absolute Gasteiger partial charge is 0.348 e. The van der Waals surface area contributed by atoms with E-state index in [-0.39, 0.29) is 39.1 Å². The zero-order valence-electron chi connectivity index (χ0n) is 23.4. The number of sulfonamides is 1. The minimum atomic E-state index is -4.03. The molecule has 1 aliphatic carbocycles. The number of hydrogen-bond donors (Lipinski definition) is 1. The van der Waals surface area contributed by atoms with Crippen LogP contribution >= 0.6 is 11.3 Å². The summed E-state index contributed by atoms with van der Waals surface area (Å²) in [5.41, 5.74) is 0.443. The number of thiophene rings is 1. The van der Waals surface area contributed by atoms with Crippen LogP contribution in [0.15, 0.2) is 35.2 Å². The minimum Gasteiger partial charge on any atom is -0.477 e. The number of anilines is 1. The average Bonchev–Trinajstić information content (AvgIpc) is 3.35. The van der Waals surface area contributed by atoms with Gasteiger partial charge in [0.05, 0.1) is 28.0 Å². The van der Waals surface area contributed by atoms with Crippen molar-refractivity contribution >= 4 is 44.7 Å². The number of carboxylic acids is 1. The van der Waals surface area contributed by atoms with Crippen molar-refractivity contribution in [3.8, 4) is 11.8 Å². The Hall–Kier alpha value is -3.00. The second-order valence-corrected chi connectivity index (χ2v) is 14.4. The van der Waals surface area contributed by atoms with Gasteiger partial charge in [-0.3, -0.25) is 9.59 Å². The molecule has 214 valence electrons. The first kappa shape index (κ1) is 30.0. The van der Waals surface area contributed by atoms with Crippen molar-refractivity contribution in [1.82, 2.24) is 4.31 Å². The van der Waals surface area contributed by atoms with E-state index < -0.39 is 34.5 Å². The SMILES string of the molecule is CCC(=O)c1ccc(S(=O)(=O)N2CC(=O)N(c3cc(C#CC(C)(C)C)sc3C(=O)O)[C@H](C3CCCCC3)C2)cc1. The van der Waals surface area contributed by atoms with Crippen molar-refractivity contribution in [1.29, 1.82) is 0 Å². The molecular formula is C30H36N2O6S2. The van der Waals surface area contributed by atoms with E-state index in [9.17, 15) is 27.9 Å². The standard InChI is InChI=1S/C30H36N2O6S2/c1-5-26(33)21-11-13-23(14-12-21)40(37,38)31-18-25(20-9-7-6-8-10-20)32(27(34)19-31)24-17-22(15-16-30(2,3)4)39-28(24)29(35)36/h11-14,17,20,25H,5-10,18-19H2,1-4H3,(H,35,36)/t25-/m0/s1. The third-order valence-corrected chi connectivity index (χ3v) is 10.2. The van der Waals surface area contributed by atoms with E-state index in [0.29, 0.717) is 16.9 Å². The molecule has 1 aliphatic heterocycles. The second kappa shape index (κ2) is 11.9. The van der Waals surface area contributed by atoms with Gasteiger partial charge in [0, 0.05) is 23.9 Å². The summed E-state index contributed by atoms with van der Waals surface area (Å²) in [6.07, 6.45) is 5.00. The molecular weight excluding hydrogens is 548 g/mol. The topological polar surface area (TPSA) is 112 Å². The molecule has 2 aromatic rings. The minimum absolute atomic E-state index is 0.0188. The van der Waals surface area contributed by atoms with Crippen LogP contribution in [0.3, 0.4) is 0 Å². The summed E-state index contributed by atoms with van der Waals surface area (Å²) in [5, 5.41) is 10.0. The van der Waals surface area contributed by atoms with Crippen LogP contribution in [0.25, 0.3) is 0 Å². The van der Waals surface area contributed by atoms with Crippen LogP contribution < -0.4 is 4.90 Å². The number of carbonyl (C=O) groups is 3. The van der Waals surface area contributed by atoms with Crippen LogP contribution in [0.4, 0.5) is 5.69 Å². The predicted molar refractivity (Wildman–Crippen MR) is 155 cm³/mol. The van der Waals surface area contributed by atoms with Crippen molar-refractivity contribution in [2.24, 2.45) is 11.3 Å². The quantitative estimate of drug-likeness (QED) is 0.343. The molecule has 40 heavy (non-hydrogen) atoms. The number of Topliss-reactive ketones (excluding diaryl/α,β-unsaturated/α-hetero) is 1. The van der Waals surface area contributed by atoms with E-state index >= 15 is 0 Å². The van der Waals surface area contributed by atoms with Gasteiger partial charge in [-0.15, -0.1) is 11.3 Å². The van der Waals surface area contributed by atoms with Crippen molar-refractivity contribution in [2.75, 3.05) is 18.0 Å². The Morgan fingerprint density at radius 2 is 1.75 bits per heavy atom. The van der Waals surface area contributed by atoms with Gasteiger partial charge in [-0.1, -0.05) is 50.2 Å². The Morgan fingerprint density at radius 1 is 1.10 bits per heavy atom. The maximum atomic E-state index is 13.8. The molecule has 1 aromatic carbocycles. The molecule has 10 heteroatoms. The number of aromatic carboxylic acids is 1. The van der Waals surface area contributed by atoms with Crippen LogP contribution in [0.1, 0.15) is 91.1 Å². The summed E-state index contributed by atoms with van der Waals surface area (Å²) in [6.45, 7) is 7.29. The van der Waals surface area contributed by atoms with Gasteiger partial charge in [0.1, 0.15) is 4.88 Å². The normalized spacial score (nSPS) is 19.2. The van der Waals surface area contributed by atoms with Crippen LogP contribution in [0, 0.1) is 23.2 Å². The first-order chi connectivity index (χ1) is 18.8. The molecule has 8 nitrogen and oxygen atoms in total. The number of carboxylic acid groups (broad SMARTS) is 1. The number of carbonyl (C=O) groups excluding carboxylic acids is 2. The van der Waals surface area contributed by atoms with E-state index in [1.54, 1.807) is 13.0 Å². The molecule has 1 aromatic heterocycles. The van der Waals surface area contributed by atoms with E-state index in [1.807, 2.05) is 20.8 Å². The highest BCUT2D eigenvalue weighted by Gasteiger charge is 2.44. The maximum Gasteiger partial charge on any atom is 0.348 e. The molecule has 1 N–H and O–H groups in total. The lowest BCUT2D eigenvalue weighted by atomic mass is 9.82. The average molecular weight is 585 g/mol. The molecule has 1 atom stereocenters. The van der Waals surface area contributed by atoms with Crippen LogP contribution in [0.2, 0.25) is 0 Å². The van der Waals surface area contributed by atoms with Gasteiger partial charge < -0.3 is 10.0 Å². The molecule has 1 saturated carbocycles. The van der Waals surface area contributed by atoms with Crippen molar-refractivity contribution < 1.29 is 27.9 Å². The van der Waals surface area contributed by atoms with E-state index in [2.05, 4.69) is 11.8 Å². The predicted octanol–water partition coefficient (Wildman–Crippen LogP) is 5.42. The fourth-order valence-corrected chi connectivity index (χ4v) is 7.58. The Kier molecular flexibility index (Phi) is 8.88. The molecule has 0 bridgehead atoms. The highest BCUT2D eigenvalue weighted by atomic mass is 32.2. The monoisotopic (exact) mass is 584 g/mol. The summed E-state index contributed by atoms with van der Waals surface area (Å²) in [4.78, 5) is 40.2. The van der Waals surface area contributed by atoms with Gasteiger partial charge in [-0.25, -0.2) is 13.2 Å². The molecule has 2 aliphatic rings. The zero-order valence-corrected chi connectivity index (χ0v) is 25.0. The lowest BCUT2D eigenvalue weighted by molar-refractivity contribution is -0.121. The highest BCUT2D eigenvalue weighted by Crippen LogP contribution is 2.39. The fourth-order valence-electron chi connectivity index (χ4n) is 5.33. The third-order valence-electron chi connectivity index (χ3n) is 7.36. The number of rotatable bonds is 7. The first-order valence-electron chi connectivity index (χ1n) is 13.7. The number of piperazine rings is 1. The summed E-state index contributed by atoms with van der Waals surface area (Å²) in [5.74, 6) is 4.53. The lowest BCUT2D eigenvalue weighted by Gasteiger charge is -2.44. The Balaban J connectivity index is 1.72. The van der Waals surface area contributed by atoms with Gasteiger partial charge in [0.15, 0.2) is 5.78 Å². The first-order valence-corrected chi connectivity index (χ1v) is 15.9. The second-order valence-electron chi connectivity index (χ2n) is 11.5.